The highest BCUT2D eigenvalue weighted by Gasteiger charge is 2.28. The number of ether oxygens (including phenoxy) is 3. The number of rotatable bonds is 9. The molecule has 1 N–H and O–H groups in total. The fourth-order valence-electron chi connectivity index (χ4n) is 4.09. The summed E-state index contributed by atoms with van der Waals surface area (Å²) in [5, 5.41) is 16.6. The van der Waals surface area contributed by atoms with Crippen molar-refractivity contribution in [3.8, 4) is 34.7 Å². The minimum absolute atomic E-state index is 0.0432. The molecule has 0 saturated carbocycles. The minimum Gasteiger partial charge on any atom is -0.490 e. The number of nitriles is 1. The summed E-state index contributed by atoms with van der Waals surface area (Å²) in [7, 11) is 0. The van der Waals surface area contributed by atoms with Crippen molar-refractivity contribution in [3.05, 3.63) is 53.1 Å². The summed E-state index contributed by atoms with van der Waals surface area (Å²) in [6.07, 6.45) is 1.01. The van der Waals surface area contributed by atoms with E-state index in [0.717, 1.165) is 29.5 Å². The molecule has 1 aliphatic carbocycles. The van der Waals surface area contributed by atoms with Crippen molar-refractivity contribution in [1.82, 2.24) is 15.5 Å². The quantitative estimate of drug-likeness (QED) is 0.437. The molecule has 2 aromatic carbocycles. The predicted octanol–water partition coefficient (Wildman–Crippen LogP) is 4.81. The number of amides is 1. The SMILES string of the molecule is CCOCCOC(=O)NC1CCc2c(-c3noc(-c4ccc(OC(C)C)c(C#N)c4)n3)cccc21. The monoisotopic (exact) mass is 476 g/mol. The zero-order valence-electron chi connectivity index (χ0n) is 20.0. The van der Waals surface area contributed by atoms with Gasteiger partial charge in [-0.3, -0.25) is 0 Å². The second-order valence-electron chi connectivity index (χ2n) is 8.35. The largest absolute Gasteiger partial charge is 0.490 e. The summed E-state index contributed by atoms with van der Waals surface area (Å²) in [4.78, 5) is 16.7. The third-order valence-corrected chi connectivity index (χ3v) is 5.60. The molecule has 1 aromatic heterocycles. The van der Waals surface area contributed by atoms with Crippen LogP contribution in [0.4, 0.5) is 4.79 Å². The van der Waals surface area contributed by atoms with E-state index in [2.05, 4.69) is 21.5 Å². The Bertz CT molecular complexity index is 1230. The van der Waals surface area contributed by atoms with Crippen LogP contribution >= 0.6 is 0 Å². The molecule has 0 bridgehead atoms. The molecule has 1 atom stereocenters. The van der Waals surface area contributed by atoms with Gasteiger partial charge in [0.05, 0.1) is 24.3 Å². The first-order chi connectivity index (χ1) is 17.0. The van der Waals surface area contributed by atoms with Gasteiger partial charge >= 0.3 is 6.09 Å². The Morgan fingerprint density at radius 3 is 2.91 bits per heavy atom. The number of benzene rings is 2. The van der Waals surface area contributed by atoms with Gasteiger partial charge in [0, 0.05) is 17.7 Å². The highest BCUT2D eigenvalue weighted by molar-refractivity contribution is 5.70. The smallest absolute Gasteiger partial charge is 0.407 e. The number of carbonyl (C=O) groups is 1. The zero-order valence-corrected chi connectivity index (χ0v) is 20.0. The second kappa shape index (κ2) is 11.0. The number of alkyl carbamates (subject to hydrolysis) is 1. The lowest BCUT2D eigenvalue weighted by molar-refractivity contribution is 0.0773. The highest BCUT2D eigenvalue weighted by atomic mass is 16.6. The van der Waals surface area contributed by atoms with E-state index in [1.807, 2.05) is 39.0 Å². The molecule has 1 unspecified atom stereocenters. The molecule has 0 aliphatic heterocycles. The molecule has 1 heterocycles. The maximum atomic E-state index is 12.2. The lowest BCUT2D eigenvalue weighted by Gasteiger charge is -2.14. The number of nitrogens with one attached hydrogen (secondary N) is 1. The molecule has 4 rings (SSSR count). The van der Waals surface area contributed by atoms with Crippen LogP contribution in [0.5, 0.6) is 5.75 Å². The van der Waals surface area contributed by atoms with Gasteiger partial charge in [-0.25, -0.2) is 4.79 Å². The molecular weight excluding hydrogens is 448 g/mol. The number of aromatic nitrogens is 2. The standard InChI is InChI=1S/C26H28N4O5/c1-4-32-12-13-33-26(31)28-22-10-9-19-20(22)6-5-7-21(19)24-29-25(35-30-24)17-8-11-23(34-16(2)3)18(14-17)15-27/h5-8,11,14,16,22H,4,9-10,12-13H2,1-3H3,(H,28,31). The van der Waals surface area contributed by atoms with Crippen LogP contribution in [0.25, 0.3) is 22.8 Å². The average Bonchev–Trinajstić information content (AvgIpc) is 3.50. The molecule has 9 nitrogen and oxygen atoms in total. The number of hydrogen-bond donors (Lipinski definition) is 1. The normalized spacial score (nSPS) is 14.4. The molecule has 182 valence electrons. The third-order valence-electron chi connectivity index (χ3n) is 5.60. The average molecular weight is 477 g/mol. The molecule has 3 aromatic rings. The number of carbonyl (C=O) groups excluding carboxylic acids is 1. The molecule has 0 spiro atoms. The molecule has 9 heteroatoms. The van der Waals surface area contributed by atoms with E-state index in [9.17, 15) is 10.1 Å². The number of fused-ring (bicyclic) bond motifs is 1. The van der Waals surface area contributed by atoms with Crippen LogP contribution < -0.4 is 10.1 Å². The summed E-state index contributed by atoms with van der Waals surface area (Å²) in [5.74, 6) is 1.29. The van der Waals surface area contributed by atoms with Crippen molar-refractivity contribution >= 4 is 6.09 Å². The van der Waals surface area contributed by atoms with E-state index >= 15 is 0 Å². The van der Waals surface area contributed by atoms with Gasteiger partial charge in [0.15, 0.2) is 0 Å². The second-order valence-corrected chi connectivity index (χ2v) is 8.35. The van der Waals surface area contributed by atoms with Crippen molar-refractivity contribution in [1.29, 1.82) is 5.26 Å². The first-order valence-electron chi connectivity index (χ1n) is 11.7. The van der Waals surface area contributed by atoms with E-state index in [1.165, 1.54) is 0 Å². The van der Waals surface area contributed by atoms with Crippen LogP contribution in [0.1, 0.15) is 49.9 Å². The summed E-state index contributed by atoms with van der Waals surface area (Å²) in [6.45, 7) is 6.87. The molecular formula is C26H28N4O5. The fraction of sp³-hybridized carbons (Fsp3) is 0.385. The van der Waals surface area contributed by atoms with E-state index in [4.69, 9.17) is 18.7 Å². The lowest BCUT2D eigenvalue weighted by Crippen LogP contribution is -2.28. The summed E-state index contributed by atoms with van der Waals surface area (Å²) in [6, 6.07) is 13.1. The van der Waals surface area contributed by atoms with Crippen LogP contribution in [0.2, 0.25) is 0 Å². The molecule has 0 saturated heterocycles. The van der Waals surface area contributed by atoms with Crippen LogP contribution in [-0.4, -0.2) is 42.2 Å². The molecule has 0 fully saturated rings. The third kappa shape index (κ3) is 5.61. The summed E-state index contributed by atoms with van der Waals surface area (Å²) < 4.78 is 21.6. The van der Waals surface area contributed by atoms with E-state index < -0.39 is 6.09 Å². The lowest BCUT2D eigenvalue weighted by atomic mass is 10.0. The molecule has 1 amide bonds. The van der Waals surface area contributed by atoms with Crippen molar-refractivity contribution in [2.75, 3.05) is 19.8 Å². The van der Waals surface area contributed by atoms with Gasteiger partial charge < -0.3 is 24.1 Å². The Balaban J connectivity index is 1.51. The highest BCUT2D eigenvalue weighted by Crippen LogP contribution is 2.37. The first kappa shape index (κ1) is 24.2. The van der Waals surface area contributed by atoms with Gasteiger partial charge in [0.1, 0.15) is 18.4 Å². The Hall–Kier alpha value is -3.90. The van der Waals surface area contributed by atoms with Gasteiger partial charge in [-0.2, -0.15) is 10.2 Å². The Morgan fingerprint density at radius 1 is 1.29 bits per heavy atom. The maximum Gasteiger partial charge on any atom is 0.407 e. The molecule has 1 aliphatic rings. The van der Waals surface area contributed by atoms with Gasteiger partial charge in [0.2, 0.25) is 5.82 Å². The Morgan fingerprint density at radius 2 is 2.14 bits per heavy atom. The topological polar surface area (TPSA) is 120 Å². The first-order valence-corrected chi connectivity index (χ1v) is 11.7. The number of nitrogens with zero attached hydrogens (tertiary/aromatic N) is 3. The van der Waals surface area contributed by atoms with Crippen molar-refractivity contribution in [2.45, 2.75) is 45.8 Å². The molecule has 35 heavy (non-hydrogen) atoms. The summed E-state index contributed by atoms with van der Waals surface area (Å²) in [5.41, 5.74) is 3.97. The van der Waals surface area contributed by atoms with Crippen LogP contribution in [0.3, 0.4) is 0 Å². The predicted molar refractivity (Wildman–Crippen MR) is 128 cm³/mol. The fourth-order valence-corrected chi connectivity index (χ4v) is 4.09. The number of hydrogen-bond acceptors (Lipinski definition) is 8. The maximum absolute atomic E-state index is 12.2. The van der Waals surface area contributed by atoms with Crippen LogP contribution in [0, 0.1) is 11.3 Å². The van der Waals surface area contributed by atoms with Crippen molar-refractivity contribution < 1.29 is 23.5 Å². The van der Waals surface area contributed by atoms with E-state index in [0.29, 0.717) is 41.8 Å². The molecule has 0 radical (unpaired) electrons. The Kier molecular flexibility index (Phi) is 7.63. The van der Waals surface area contributed by atoms with E-state index in [1.54, 1.807) is 18.2 Å². The van der Waals surface area contributed by atoms with Crippen LogP contribution in [-0.2, 0) is 15.9 Å². The van der Waals surface area contributed by atoms with Gasteiger partial charge in [-0.1, -0.05) is 23.4 Å². The van der Waals surface area contributed by atoms with Crippen molar-refractivity contribution in [3.63, 3.8) is 0 Å². The van der Waals surface area contributed by atoms with Gasteiger partial charge in [-0.15, -0.1) is 0 Å². The zero-order chi connectivity index (χ0) is 24.8. The minimum atomic E-state index is -0.465. The van der Waals surface area contributed by atoms with Gasteiger partial charge in [0.25, 0.3) is 5.89 Å². The summed E-state index contributed by atoms with van der Waals surface area (Å²) >= 11 is 0. The van der Waals surface area contributed by atoms with E-state index in [-0.39, 0.29) is 18.8 Å². The Labute approximate surface area is 204 Å². The van der Waals surface area contributed by atoms with Crippen LogP contribution in [0.15, 0.2) is 40.9 Å². The van der Waals surface area contributed by atoms with Gasteiger partial charge in [-0.05, 0) is 62.9 Å². The van der Waals surface area contributed by atoms with Crippen molar-refractivity contribution in [2.24, 2.45) is 0 Å².